The van der Waals surface area contributed by atoms with E-state index < -0.39 is 74.6 Å². The Balaban J connectivity index is 0.000000421. The number of ether oxygens (including phenoxy) is 4. The Hall–Kier alpha value is -0.480. The Morgan fingerprint density at radius 2 is 1.10 bits per heavy atom. The van der Waals surface area contributed by atoms with Gasteiger partial charge in [-0.3, -0.25) is 0 Å². The molecule has 0 aliphatic carbocycles. The highest BCUT2D eigenvalue weighted by Gasteiger charge is 2.58. The summed E-state index contributed by atoms with van der Waals surface area (Å²) >= 11 is 0. The normalized spacial score (nSPS) is 34.0. The van der Waals surface area contributed by atoms with Crippen molar-refractivity contribution in [1.29, 1.82) is 0 Å². The number of hydrogen-bond acceptors (Lipinski definition) is 12. The van der Waals surface area contributed by atoms with Gasteiger partial charge < -0.3 is 59.8 Å². The van der Waals surface area contributed by atoms with Gasteiger partial charge in [0.1, 0.15) is 49.3 Å². The lowest BCUT2D eigenvalue weighted by Gasteiger charge is -2.43. The molecule has 0 bridgehead atoms. The van der Waals surface area contributed by atoms with Crippen LogP contribution >= 0.6 is 0 Å². The van der Waals surface area contributed by atoms with Crippen LogP contribution in [-0.4, -0.2) is 129 Å². The van der Waals surface area contributed by atoms with Gasteiger partial charge in [0.2, 0.25) is 5.79 Å². The van der Waals surface area contributed by atoms with Gasteiger partial charge in [-0.15, -0.1) is 0 Å². The predicted octanol–water partition coefficient (Wildman–Crippen LogP) is 0.328. The van der Waals surface area contributed by atoms with Crippen molar-refractivity contribution < 1.29 is 59.8 Å². The average molecular weight is 585 g/mol. The van der Waals surface area contributed by atoms with Gasteiger partial charge in [0.15, 0.2) is 6.29 Å². The molecular formula is C28H56O12. The van der Waals surface area contributed by atoms with E-state index in [9.17, 15) is 30.6 Å². The monoisotopic (exact) mass is 584 g/mol. The molecule has 0 aromatic carbocycles. The molecule has 2 heterocycles. The molecule has 240 valence electrons. The lowest BCUT2D eigenvalue weighted by molar-refractivity contribution is -0.383. The summed E-state index contributed by atoms with van der Waals surface area (Å²) in [6.45, 7) is 4.19. The van der Waals surface area contributed by atoms with E-state index in [1.54, 1.807) is 0 Å². The van der Waals surface area contributed by atoms with Crippen molar-refractivity contribution in [3.8, 4) is 0 Å². The Bertz CT molecular complexity index is 598. The van der Waals surface area contributed by atoms with Gasteiger partial charge in [-0.2, -0.15) is 0 Å². The first-order valence-corrected chi connectivity index (χ1v) is 15.0. The minimum Gasteiger partial charge on any atom is -0.394 e. The maximum atomic E-state index is 10.00. The highest BCUT2D eigenvalue weighted by molar-refractivity contribution is 4.98. The Kier molecular flexibility index (Phi) is 19.9. The molecule has 0 saturated carbocycles. The fourth-order valence-electron chi connectivity index (χ4n) is 4.70. The van der Waals surface area contributed by atoms with Crippen LogP contribution in [0.25, 0.3) is 0 Å². The van der Waals surface area contributed by atoms with Crippen LogP contribution < -0.4 is 0 Å². The molecule has 8 N–H and O–H groups in total. The van der Waals surface area contributed by atoms with Crippen molar-refractivity contribution >= 4 is 0 Å². The van der Waals surface area contributed by atoms with Crippen LogP contribution in [0.15, 0.2) is 0 Å². The number of hydrogen-bond donors (Lipinski definition) is 8. The fourth-order valence-corrected chi connectivity index (χ4v) is 4.70. The van der Waals surface area contributed by atoms with Crippen molar-refractivity contribution in [1.82, 2.24) is 0 Å². The summed E-state index contributed by atoms with van der Waals surface area (Å²) in [6.07, 6.45) is 3.69. The van der Waals surface area contributed by atoms with Gasteiger partial charge in [-0.1, -0.05) is 78.1 Å². The van der Waals surface area contributed by atoms with Crippen molar-refractivity contribution in [2.45, 2.75) is 146 Å². The zero-order valence-corrected chi connectivity index (χ0v) is 24.4. The summed E-state index contributed by atoms with van der Waals surface area (Å²) in [6, 6.07) is 0. The van der Waals surface area contributed by atoms with Crippen LogP contribution in [0.1, 0.15) is 90.9 Å². The van der Waals surface area contributed by atoms with Crippen LogP contribution in [0.2, 0.25) is 0 Å². The summed E-state index contributed by atoms with van der Waals surface area (Å²) in [4.78, 5) is 0. The molecule has 0 radical (unpaired) electrons. The Labute approximate surface area is 238 Å². The van der Waals surface area contributed by atoms with Crippen LogP contribution in [0, 0.1) is 0 Å². The van der Waals surface area contributed by atoms with Gasteiger partial charge in [-0.25, -0.2) is 0 Å². The average Bonchev–Trinajstić information content (AvgIpc) is 3.21. The van der Waals surface area contributed by atoms with Gasteiger partial charge in [0.05, 0.1) is 13.2 Å². The molecule has 9 atom stereocenters. The van der Waals surface area contributed by atoms with Gasteiger partial charge >= 0.3 is 0 Å². The van der Waals surface area contributed by atoms with E-state index in [1.807, 2.05) is 0 Å². The molecule has 0 aromatic rings. The summed E-state index contributed by atoms with van der Waals surface area (Å²) < 4.78 is 21.1. The van der Waals surface area contributed by atoms with Crippen LogP contribution in [0.5, 0.6) is 0 Å². The molecule has 2 aliphatic rings. The van der Waals surface area contributed by atoms with Crippen LogP contribution in [0.4, 0.5) is 0 Å². The SMILES string of the molecule is CCCCCCCCOCCCCCCCC.OC[C@H]1O[C@@](CO)(O[C@H]2O[C@H](CO)[C@@H](O)[C@H](O)[C@H]2O)[C@@H](O)[C@@H]1O. The van der Waals surface area contributed by atoms with E-state index in [4.69, 9.17) is 29.2 Å². The molecule has 2 rings (SSSR count). The van der Waals surface area contributed by atoms with Crippen LogP contribution in [-0.2, 0) is 18.9 Å². The maximum absolute atomic E-state index is 10.00. The summed E-state index contributed by atoms with van der Waals surface area (Å²) in [5.41, 5.74) is 0. The first kappa shape index (κ1) is 37.5. The number of aliphatic hydroxyl groups is 8. The first-order valence-electron chi connectivity index (χ1n) is 15.0. The molecule has 2 aliphatic heterocycles. The Morgan fingerprint density at radius 3 is 1.55 bits per heavy atom. The van der Waals surface area contributed by atoms with Crippen molar-refractivity contribution in [2.24, 2.45) is 0 Å². The second-order valence-corrected chi connectivity index (χ2v) is 10.7. The predicted molar refractivity (Wildman–Crippen MR) is 146 cm³/mol. The van der Waals surface area contributed by atoms with Crippen molar-refractivity contribution in [3.05, 3.63) is 0 Å². The molecule has 40 heavy (non-hydrogen) atoms. The fraction of sp³-hybridized carbons (Fsp3) is 1.00. The number of rotatable bonds is 19. The standard InChI is InChI=1S/C16H34O.C12H22O11/c1-3-5-7-9-11-13-15-17-16-14-12-10-8-6-4-2;13-1-4-6(16)8(18)9(19)11(21-4)23-12(3-15)10(20)7(17)5(2-14)22-12/h3-16H2,1-2H3;4-11,13-20H,1-3H2/t;4-,5-,6-,7-,8+,9-,10+,11-,12+/m.1/s1. The minimum atomic E-state index is -2.22. The molecule has 12 nitrogen and oxygen atoms in total. The quantitative estimate of drug-likeness (QED) is 0.0970. The third-order valence-corrected chi connectivity index (χ3v) is 7.35. The molecule has 0 unspecified atom stereocenters. The van der Waals surface area contributed by atoms with E-state index in [-0.39, 0.29) is 0 Å². The highest BCUT2D eigenvalue weighted by Crippen LogP contribution is 2.35. The second kappa shape index (κ2) is 21.2. The van der Waals surface area contributed by atoms with E-state index in [1.165, 1.54) is 77.0 Å². The molecule has 2 fully saturated rings. The van der Waals surface area contributed by atoms with Gasteiger partial charge in [0, 0.05) is 13.2 Å². The third kappa shape index (κ3) is 12.0. The van der Waals surface area contributed by atoms with E-state index >= 15 is 0 Å². The van der Waals surface area contributed by atoms with Crippen LogP contribution in [0.3, 0.4) is 0 Å². The molecular weight excluding hydrogens is 528 g/mol. The number of aliphatic hydroxyl groups excluding tert-OH is 8. The summed E-state index contributed by atoms with van der Waals surface area (Å²) in [7, 11) is 0. The largest absolute Gasteiger partial charge is 0.394 e. The maximum Gasteiger partial charge on any atom is 0.224 e. The van der Waals surface area contributed by atoms with E-state index in [2.05, 4.69) is 13.8 Å². The molecule has 12 heteroatoms. The van der Waals surface area contributed by atoms with E-state index in [0.29, 0.717) is 0 Å². The second-order valence-electron chi connectivity index (χ2n) is 10.7. The zero-order valence-electron chi connectivity index (χ0n) is 24.4. The first-order chi connectivity index (χ1) is 19.2. The van der Waals surface area contributed by atoms with Gasteiger partial charge in [-0.05, 0) is 12.8 Å². The smallest absolute Gasteiger partial charge is 0.224 e. The third-order valence-electron chi connectivity index (χ3n) is 7.35. The summed E-state index contributed by atoms with van der Waals surface area (Å²) in [5, 5.41) is 76.7. The summed E-state index contributed by atoms with van der Waals surface area (Å²) in [5.74, 6) is -2.22. The van der Waals surface area contributed by atoms with Crippen molar-refractivity contribution in [2.75, 3.05) is 33.0 Å². The van der Waals surface area contributed by atoms with Crippen molar-refractivity contribution in [3.63, 3.8) is 0 Å². The lowest BCUT2D eigenvalue weighted by atomic mass is 9.99. The zero-order chi connectivity index (χ0) is 30.0. The van der Waals surface area contributed by atoms with E-state index in [0.717, 1.165) is 13.2 Å². The molecule has 0 spiro atoms. The minimum absolute atomic E-state index is 0.669. The topological polar surface area (TPSA) is 199 Å². The number of unbranched alkanes of at least 4 members (excludes halogenated alkanes) is 10. The highest BCUT2D eigenvalue weighted by atomic mass is 16.8. The molecule has 0 amide bonds. The molecule has 0 aromatic heterocycles. The van der Waals surface area contributed by atoms with Gasteiger partial charge in [0.25, 0.3) is 0 Å². The molecule has 2 saturated heterocycles. The Morgan fingerprint density at radius 1 is 0.600 bits per heavy atom. The lowest BCUT2D eigenvalue weighted by Crippen LogP contribution is -2.62.